The third-order valence-electron chi connectivity index (χ3n) is 3.77. The first kappa shape index (κ1) is 16.4. The van der Waals surface area contributed by atoms with Crippen LogP contribution in [0.1, 0.15) is 15.9 Å². The van der Waals surface area contributed by atoms with Crippen LogP contribution in [-0.4, -0.2) is 33.6 Å². The SMILES string of the molecule is O=C(NCC(CO)Cc1ccsc1)c1cnc2ccccn2c1=O. The van der Waals surface area contributed by atoms with Gasteiger partial charge in [-0.05, 0) is 40.9 Å². The van der Waals surface area contributed by atoms with Gasteiger partial charge in [-0.25, -0.2) is 4.98 Å². The smallest absolute Gasteiger partial charge is 0.270 e. The van der Waals surface area contributed by atoms with Crippen LogP contribution in [0, 0.1) is 5.92 Å². The van der Waals surface area contributed by atoms with E-state index in [9.17, 15) is 14.7 Å². The van der Waals surface area contributed by atoms with Crippen LogP contribution in [0.25, 0.3) is 5.65 Å². The number of aliphatic hydroxyl groups excluding tert-OH is 1. The number of amides is 1. The summed E-state index contributed by atoms with van der Waals surface area (Å²) in [4.78, 5) is 28.8. The maximum absolute atomic E-state index is 12.4. The molecule has 7 heteroatoms. The summed E-state index contributed by atoms with van der Waals surface area (Å²) in [6.45, 7) is 0.257. The number of fused-ring (bicyclic) bond motifs is 1. The minimum Gasteiger partial charge on any atom is -0.396 e. The summed E-state index contributed by atoms with van der Waals surface area (Å²) in [6, 6.07) is 7.18. The quantitative estimate of drug-likeness (QED) is 0.707. The molecule has 0 aromatic carbocycles. The Labute approximate surface area is 142 Å². The van der Waals surface area contributed by atoms with Crippen LogP contribution >= 0.6 is 11.3 Å². The van der Waals surface area contributed by atoms with Gasteiger partial charge in [0.05, 0.1) is 0 Å². The van der Waals surface area contributed by atoms with Crippen molar-refractivity contribution in [3.05, 3.63) is 68.9 Å². The van der Waals surface area contributed by atoms with Crippen molar-refractivity contribution in [2.24, 2.45) is 5.92 Å². The second kappa shape index (κ2) is 7.37. The van der Waals surface area contributed by atoms with Crippen LogP contribution in [0.4, 0.5) is 0 Å². The van der Waals surface area contributed by atoms with Gasteiger partial charge in [0.1, 0.15) is 11.2 Å². The Morgan fingerprint density at radius 1 is 1.38 bits per heavy atom. The van der Waals surface area contributed by atoms with Crippen LogP contribution in [0.2, 0.25) is 0 Å². The number of rotatable bonds is 6. The number of nitrogens with one attached hydrogen (secondary N) is 1. The number of aromatic nitrogens is 2. The molecule has 3 rings (SSSR count). The van der Waals surface area contributed by atoms with Gasteiger partial charge in [-0.2, -0.15) is 11.3 Å². The van der Waals surface area contributed by atoms with E-state index in [1.54, 1.807) is 35.7 Å². The monoisotopic (exact) mass is 343 g/mol. The average Bonchev–Trinajstić information content (AvgIpc) is 3.12. The normalized spacial score (nSPS) is 12.2. The molecule has 24 heavy (non-hydrogen) atoms. The van der Waals surface area contributed by atoms with E-state index < -0.39 is 11.5 Å². The Hall–Kier alpha value is -2.51. The van der Waals surface area contributed by atoms with Crippen LogP contribution in [0.5, 0.6) is 0 Å². The van der Waals surface area contributed by atoms with Gasteiger partial charge in [0.15, 0.2) is 0 Å². The van der Waals surface area contributed by atoms with Gasteiger partial charge >= 0.3 is 0 Å². The van der Waals surface area contributed by atoms with Crippen LogP contribution in [0.15, 0.2) is 52.2 Å². The molecule has 6 nitrogen and oxygen atoms in total. The Morgan fingerprint density at radius 2 is 2.25 bits per heavy atom. The molecule has 2 N–H and O–H groups in total. The van der Waals surface area contributed by atoms with Gasteiger partial charge in [0.2, 0.25) is 0 Å². The van der Waals surface area contributed by atoms with E-state index in [2.05, 4.69) is 10.3 Å². The minimum atomic E-state index is -0.477. The van der Waals surface area contributed by atoms with E-state index in [1.807, 2.05) is 16.8 Å². The van der Waals surface area contributed by atoms with E-state index in [4.69, 9.17) is 0 Å². The van der Waals surface area contributed by atoms with E-state index in [1.165, 1.54) is 10.6 Å². The van der Waals surface area contributed by atoms with Crippen LogP contribution in [0.3, 0.4) is 0 Å². The molecule has 124 valence electrons. The van der Waals surface area contributed by atoms with Crippen molar-refractivity contribution in [1.82, 2.24) is 14.7 Å². The van der Waals surface area contributed by atoms with Gasteiger partial charge in [-0.15, -0.1) is 0 Å². The highest BCUT2D eigenvalue weighted by Crippen LogP contribution is 2.12. The number of hydrogen-bond donors (Lipinski definition) is 2. The highest BCUT2D eigenvalue weighted by molar-refractivity contribution is 7.07. The van der Waals surface area contributed by atoms with Gasteiger partial charge in [-0.3, -0.25) is 14.0 Å². The number of nitrogens with zero attached hydrogens (tertiary/aromatic N) is 2. The maximum Gasteiger partial charge on any atom is 0.270 e. The standard InChI is InChI=1S/C17H17N3O3S/c21-10-13(7-12-4-6-24-11-12)8-19-16(22)14-9-18-15-3-1-2-5-20(15)17(14)23/h1-6,9,11,13,21H,7-8,10H2,(H,19,22). The predicted octanol–water partition coefficient (Wildman–Crippen LogP) is 1.34. The van der Waals surface area contributed by atoms with E-state index in [0.717, 1.165) is 5.56 Å². The zero-order chi connectivity index (χ0) is 16.9. The summed E-state index contributed by atoms with van der Waals surface area (Å²) in [5, 5.41) is 16.2. The van der Waals surface area contributed by atoms with Gasteiger partial charge in [0, 0.05) is 31.5 Å². The van der Waals surface area contributed by atoms with Crippen molar-refractivity contribution in [3.63, 3.8) is 0 Å². The molecule has 0 bridgehead atoms. The van der Waals surface area contributed by atoms with E-state index in [-0.39, 0.29) is 18.1 Å². The van der Waals surface area contributed by atoms with E-state index >= 15 is 0 Å². The lowest BCUT2D eigenvalue weighted by molar-refractivity contribution is 0.0938. The third-order valence-corrected chi connectivity index (χ3v) is 4.50. The predicted molar refractivity (Wildman–Crippen MR) is 92.4 cm³/mol. The lowest BCUT2D eigenvalue weighted by Gasteiger charge is -2.14. The van der Waals surface area contributed by atoms with Crippen LogP contribution < -0.4 is 10.9 Å². The van der Waals surface area contributed by atoms with Crippen molar-refractivity contribution >= 4 is 22.9 Å². The highest BCUT2D eigenvalue weighted by Gasteiger charge is 2.15. The Bertz CT molecular complexity index is 889. The molecular weight excluding hydrogens is 326 g/mol. The molecule has 0 aliphatic rings. The lowest BCUT2D eigenvalue weighted by atomic mass is 10.0. The molecular formula is C17H17N3O3S. The molecule has 1 atom stereocenters. The first-order valence-corrected chi connectivity index (χ1v) is 8.50. The fourth-order valence-electron chi connectivity index (χ4n) is 2.46. The lowest BCUT2D eigenvalue weighted by Crippen LogP contribution is -2.35. The summed E-state index contributed by atoms with van der Waals surface area (Å²) in [5.74, 6) is -0.575. The molecule has 0 fully saturated rings. The Kier molecular flexibility index (Phi) is 5.02. The topological polar surface area (TPSA) is 83.7 Å². The average molecular weight is 343 g/mol. The zero-order valence-electron chi connectivity index (χ0n) is 12.9. The number of carbonyl (C=O) groups is 1. The molecule has 3 aromatic rings. The van der Waals surface area contributed by atoms with Gasteiger partial charge in [0.25, 0.3) is 11.5 Å². The zero-order valence-corrected chi connectivity index (χ0v) is 13.7. The number of thiophene rings is 1. The Balaban J connectivity index is 1.70. The van der Waals surface area contributed by atoms with Gasteiger partial charge in [-0.1, -0.05) is 6.07 Å². The molecule has 0 spiro atoms. The van der Waals surface area contributed by atoms with Crippen molar-refractivity contribution in [1.29, 1.82) is 0 Å². The van der Waals surface area contributed by atoms with E-state index in [0.29, 0.717) is 18.6 Å². The Morgan fingerprint density at radius 3 is 3.00 bits per heavy atom. The largest absolute Gasteiger partial charge is 0.396 e. The van der Waals surface area contributed by atoms with Crippen molar-refractivity contribution in [2.75, 3.05) is 13.2 Å². The summed E-state index contributed by atoms with van der Waals surface area (Å²) in [5.41, 5.74) is 1.20. The fourth-order valence-corrected chi connectivity index (χ4v) is 3.14. The molecule has 0 aliphatic heterocycles. The summed E-state index contributed by atoms with van der Waals surface area (Å²) >= 11 is 1.60. The summed E-state index contributed by atoms with van der Waals surface area (Å²) in [7, 11) is 0. The van der Waals surface area contributed by atoms with Crippen molar-refractivity contribution in [3.8, 4) is 0 Å². The van der Waals surface area contributed by atoms with Crippen molar-refractivity contribution in [2.45, 2.75) is 6.42 Å². The first-order valence-electron chi connectivity index (χ1n) is 7.55. The third kappa shape index (κ3) is 3.52. The molecule has 1 unspecified atom stereocenters. The second-order valence-electron chi connectivity index (χ2n) is 5.50. The first-order chi connectivity index (χ1) is 11.7. The number of hydrogen-bond acceptors (Lipinski definition) is 5. The molecule has 3 heterocycles. The van der Waals surface area contributed by atoms with Crippen LogP contribution in [-0.2, 0) is 6.42 Å². The molecule has 3 aromatic heterocycles. The number of aliphatic hydroxyl groups is 1. The molecule has 0 radical (unpaired) electrons. The second-order valence-corrected chi connectivity index (χ2v) is 6.28. The minimum absolute atomic E-state index is 0.00840. The summed E-state index contributed by atoms with van der Waals surface area (Å²) < 4.78 is 1.34. The highest BCUT2D eigenvalue weighted by atomic mass is 32.1. The number of carbonyl (C=O) groups excluding carboxylic acids is 1. The molecule has 0 saturated carbocycles. The van der Waals surface area contributed by atoms with Crippen molar-refractivity contribution < 1.29 is 9.90 Å². The molecule has 1 amide bonds. The van der Waals surface area contributed by atoms with Gasteiger partial charge < -0.3 is 10.4 Å². The molecule has 0 aliphatic carbocycles. The maximum atomic E-state index is 12.4. The fraction of sp³-hybridized carbons (Fsp3) is 0.235. The molecule has 0 saturated heterocycles. The summed E-state index contributed by atoms with van der Waals surface area (Å²) in [6.07, 6.45) is 3.55. The number of pyridine rings is 1.